The Morgan fingerprint density at radius 2 is 0.944 bits per heavy atom. The van der Waals surface area contributed by atoms with Crippen LogP contribution in [0.25, 0.3) is 0 Å². The van der Waals surface area contributed by atoms with Crippen LogP contribution in [0.2, 0.25) is 0 Å². The summed E-state index contributed by atoms with van der Waals surface area (Å²) in [5.41, 5.74) is 6.20. The van der Waals surface area contributed by atoms with Crippen molar-refractivity contribution in [2.24, 2.45) is 22.5 Å². The highest BCUT2D eigenvalue weighted by Gasteiger charge is 2.42. The summed E-state index contributed by atoms with van der Waals surface area (Å²) in [6.45, 7) is 40.7. The van der Waals surface area contributed by atoms with Crippen molar-refractivity contribution in [3.8, 4) is 0 Å². The molecule has 0 radical (unpaired) electrons. The maximum absolute atomic E-state index is 4.50. The highest BCUT2D eigenvalue weighted by atomic mass is 15.3. The van der Waals surface area contributed by atoms with Gasteiger partial charge in [0, 0.05) is 42.8 Å². The summed E-state index contributed by atoms with van der Waals surface area (Å²) in [7, 11) is 1.50. The Hall–Kier alpha value is -0.160. The molecule has 0 bridgehead atoms. The van der Waals surface area contributed by atoms with E-state index in [1.165, 1.54) is 78.4 Å². The minimum absolute atomic E-state index is 0.273. The summed E-state index contributed by atoms with van der Waals surface area (Å²) in [6, 6.07) is 0. The summed E-state index contributed by atoms with van der Waals surface area (Å²) < 4.78 is 0. The molecule has 4 heteroatoms. The van der Waals surface area contributed by atoms with Crippen LogP contribution in [0.1, 0.15) is 129 Å². The van der Waals surface area contributed by atoms with Crippen molar-refractivity contribution < 1.29 is 0 Å². The van der Waals surface area contributed by atoms with Crippen LogP contribution in [-0.4, -0.2) is 77.6 Å². The van der Waals surface area contributed by atoms with E-state index in [1.807, 2.05) is 13.8 Å². The first-order chi connectivity index (χ1) is 16.4. The highest BCUT2D eigenvalue weighted by molar-refractivity contribution is 4.97. The van der Waals surface area contributed by atoms with E-state index in [4.69, 9.17) is 0 Å². The number of piperidine rings is 1. The Kier molecular flexibility index (Phi) is 14.2. The minimum Gasteiger partial charge on any atom is -0.333 e. The van der Waals surface area contributed by atoms with E-state index in [1.54, 1.807) is 0 Å². The zero-order valence-electron chi connectivity index (χ0n) is 27.8. The van der Waals surface area contributed by atoms with Gasteiger partial charge in [-0.05, 0) is 111 Å². The SMILES string of the molecule is CC.CCC(C)(C)CC(C)(C)N1CCC(C(C)(C)CC(C)(C)N2CCN(C(C)(C)C)CC2)CC1.CN. The first-order valence-corrected chi connectivity index (χ1v) is 15.2. The van der Waals surface area contributed by atoms with Crippen molar-refractivity contribution in [1.82, 2.24) is 14.7 Å². The lowest BCUT2D eigenvalue weighted by atomic mass is 9.67. The fourth-order valence-electron chi connectivity index (χ4n) is 7.03. The Morgan fingerprint density at radius 1 is 0.583 bits per heavy atom. The maximum Gasteiger partial charge on any atom is 0.0159 e. The van der Waals surface area contributed by atoms with Crippen LogP contribution < -0.4 is 5.73 Å². The molecule has 2 fully saturated rings. The van der Waals surface area contributed by atoms with Gasteiger partial charge in [0.25, 0.3) is 0 Å². The minimum atomic E-state index is 0.273. The standard InChI is InChI=1S/C29H59N3.C2H6.CH5N/c1-13-26(5,6)22-28(9,10)31-16-14-24(15-17-31)27(7,8)23-29(11,12)32-20-18-30(19-21-32)25(2,3)4;2*1-2/h24H,13-23H2,1-12H3;1-2H3;2H2,1H3. The lowest BCUT2D eigenvalue weighted by molar-refractivity contribution is -0.0271. The van der Waals surface area contributed by atoms with Crippen LogP contribution in [0.5, 0.6) is 0 Å². The number of likely N-dealkylation sites (tertiary alicyclic amines) is 1. The first-order valence-electron chi connectivity index (χ1n) is 15.2. The summed E-state index contributed by atoms with van der Waals surface area (Å²) >= 11 is 0. The predicted molar refractivity (Wildman–Crippen MR) is 164 cm³/mol. The second kappa shape index (κ2) is 14.3. The van der Waals surface area contributed by atoms with E-state index in [-0.39, 0.29) is 5.54 Å². The summed E-state index contributed by atoms with van der Waals surface area (Å²) in [5.74, 6) is 0.837. The molecular weight excluding hydrogens is 440 g/mol. The molecule has 2 aliphatic rings. The van der Waals surface area contributed by atoms with Gasteiger partial charge in [0.05, 0.1) is 0 Å². The molecule has 0 spiro atoms. The Morgan fingerprint density at radius 3 is 1.33 bits per heavy atom. The largest absolute Gasteiger partial charge is 0.333 e. The molecule has 36 heavy (non-hydrogen) atoms. The quantitative estimate of drug-likeness (QED) is 0.366. The summed E-state index contributed by atoms with van der Waals surface area (Å²) in [5, 5.41) is 0. The normalized spacial score (nSPS) is 20.3. The molecule has 0 aromatic carbocycles. The van der Waals surface area contributed by atoms with Gasteiger partial charge in [-0.15, -0.1) is 0 Å². The number of piperazine rings is 1. The number of rotatable bonds is 8. The third-order valence-electron chi connectivity index (χ3n) is 9.30. The van der Waals surface area contributed by atoms with Crippen LogP contribution >= 0.6 is 0 Å². The number of nitrogens with two attached hydrogens (primary N) is 1. The Bertz CT molecular complexity index is 584. The second-order valence-corrected chi connectivity index (χ2v) is 14.9. The van der Waals surface area contributed by atoms with Crippen molar-refractivity contribution in [3.05, 3.63) is 0 Å². The molecule has 0 amide bonds. The zero-order chi connectivity index (χ0) is 28.6. The molecule has 218 valence electrons. The van der Waals surface area contributed by atoms with Crippen LogP contribution in [0.3, 0.4) is 0 Å². The van der Waals surface area contributed by atoms with Crippen LogP contribution in [0.4, 0.5) is 0 Å². The summed E-state index contributed by atoms with van der Waals surface area (Å²) in [6.07, 6.45) is 6.57. The molecule has 2 aliphatic heterocycles. The van der Waals surface area contributed by atoms with Gasteiger partial charge in [-0.25, -0.2) is 0 Å². The molecule has 0 saturated carbocycles. The van der Waals surface area contributed by atoms with Gasteiger partial charge in [0.15, 0.2) is 0 Å². The van der Waals surface area contributed by atoms with Gasteiger partial charge in [0.1, 0.15) is 0 Å². The third-order valence-corrected chi connectivity index (χ3v) is 9.30. The van der Waals surface area contributed by atoms with Gasteiger partial charge in [-0.3, -0.25) is 14.7 Å². The van der Waals surface area contributed by atoms with E-state index < -0.39 is 0 Å². The van der Waals surface area contributed by atoms with Crippen molar-refractivity contribution >= 4 is 0 Å². The lowest BCUT2D eigenvalue weighted by Gasteiger charge is -2.52. The first kappa shape index (κ1) is 35.8. The summed E-state index contributed by atoms with van der Waals surface area (Å²) in [4.78, 5) is 8.23. The third kappa shape index (κ3) is 10.5. The van der Waals surface area contributed by atoms with Crippen LogP contribution in [0.15, 0.2) is 0 Å². The maximum atomic E-state index is 4.50. The van der Waals surface area contributed by atoms with Crippen molar-refractivity contribution in [2.45, 2.75) is 146 Å². The lowest BCUT2D eigenvalue weighted by Crippen LogP contribution is -2.59. The number of hydrogen-bond acceptors (Lipinski definition) is 4. The van der Waals surface area contributed by atoms with Gasteiger partial charge < -0.3 is 5.73 Å². The molecule has 0 atom stereocenters. The molecule has 2 N–H and O–H groups in total. The second-order valence-electron chi connectivity index (χ2n) is 14.9. The molecule has 0 aliphatic carbocycles. The van der Waals surface area contributed by atoms with E-state index in [0.717, 1.165) is 5.92 Å². The molecular formula is C32H70N4. The van der Waals surface area contributed by atoms with Gasteiger partial charge in [-0.2, -0.15) is 0 Å². The van der Waals surface area contributed by atoms with Gasteiger partial charge >= 0.3 is 0 Å². The van der Waals surface area contributed by atoms with E-state index in [2.05, 4.69) is 104 Å². The van der Waals surface area contributed by atoms with Gasteiger partial charge in [0.2, 0.25) is 0 Å². The number of nitrogens with zero attached hydrogens (tertiary/aromatic N) is 3. The monoisotopic (exact) mass is 511 g/mol. The van der Waals surface area contributed by atoms with E-state index in [9.17, 15) is 0 Å². The topological polar surface area (TPSA) is 35.7 Å². The average molecular weight is 511 g/mol. The van der Waals surface area contributed by atoms with Crippen LogP contribution in [-0.2, 0) is 0 Å². The molecule has 4 nitrogen and oxygen atoms in total. The van der Waals surface area contributed by atoms with Crippen molar-refractivity contribution in [1.29, 1.82) is 0 Å². The molecule has 2 rings (SSSR count). The predicted octanol–water partition coefficient (Wildman–Crippen LogP) is 7.52. The zero-order valence-corrected chi connectivity index (χ0v) is 27.8. The smallest absolute Gasteiger partial charge is 0.0159 e. The molecule has 0 aromatic heterocycles. The fraction of sp³-hybridized carbons (Fsp3) is 1.00. The molecule has 2 saturated heterocycles. The average Bonchev–Trinajstić information content (AvgIpc) is 2.80. The Labute approximate surface area is 229 Å². The van der Waals surface area contributed by atoms with E-state index >= 15 is 0 Å². The molecule has 0 aromatic rings. The van der Waals surface area contributed by atoms with Crippen molar-refractivity contribution in [3.63, 3.8) is 0 Å². The molecule has 0 unspecified atom stereocenters. The Balaban J connectivity index is 0.00000291. The fourth-order valence-corrected chi connectivity index (χ4v) is 7.03. The van der Waals surface area contributed by atoms with Crippen LogP contribution in [0, 0.1) is 16.7 Å². The highest BCUT2D eigenvalue weighted by Crippen LogP contribution is 2.44. The van der Waals surface area contributed by atoms with E-state index in [0.29, 0.717) is 21.9 Å². The van der Waals surface area contributed by atoms with Gasteiger partial charge in [-0.1, -0.05) is 54.9 Å². The van der Waals surface area contributed by atoms with Crippen molar-refractivity contribution in [2.75, 3.05) is 46.3 Å². The molecule has 2 heterocycles. The number of hydrogen-bond donors (Lipinski definition) is 1.